The Morgan fingerprint density at radius 1 is 1.50 bits per heavy atom. The molecule has 0 unspecified atom stereocenters. The zero-order valence-electron chi connectivity index (χ0n) is 7.76. The summed E-state index contributed by atoms with van der Waals surface area (Å²) in [4.78, 5) is 0. The number of nitrogen functional groups attached to an aromatic ring is 1. The summed E-state index contributed by atoms with van der Waals surface area (Å²) in [6.45, 7) is 6.40. The van der Waals surface area contributed by atoms with E-state index < -0.39 is 0 Å². The van der Waals surface area contributed by atoms with Gasteiger partial charge >= 0.3 is 0 Å². The number of nitrogens with one attached hydrogen (secondary N) is 1. The van der Waals surface area contributed by atoms with Gasteiger partial charge in [-0.1, -0.05) is 20.8 Å². The van der Waals surface area contributed by atoms with Crippen molar-refractivity contribution in [2.75, 3.05) is 0 Å². The van der Waals surface area contributed by atoms with E-state index in [0.29, 0.717) is 0 Å². The third-order valence-corrected chi connectivity index (χ3v) is 1.84. The first-order valence-electron chi connectivity index (χ1n) is 3.94. The van der Waals surface area contributed by atoms with Crippen LogP contribution >= 0.6 is 0 Å². The number of rotatable bonds is 0. The van der Waals surface area contributed by atoms with Gasteiger partial charge in [0.2, 0.25) is 0 Å². The molecule has 0 aliphatic rings. The van der Waals surface area contributed by atoms with Crippen LogP contribution in [0.1, 0.15) is 26.3 Å². The smallest absolute Gasteiger partial charge is 0.196 e. The van der Waals surface area contributed by atoms with Crippen LogP contribution in [-0.2, 0) is 5.41 Å². The Kier molecular flexibility index (Phi) is 1.96. The molecule has 0 aromatic carbocycles. The molecule has 0 spiro atoms. The second-order valence-electron chi connectivity index (χ2n) is 3.94. The summed E-state index contributed by atoms with van der Waals surface area (Å²) in [5.74, 6) is 0.0606. The molecule has 0 saturated heterocycles. The lowest BCUT2D eigenvalue weighted by molar-refractivity contribution is 0.590. The van der Waals surface area contributed by atoms with Gasteiger partial charge in [-0.2, -0.15) is 0 Å². The van der Waals surface area contributed by atoms with Crippen molar-refractivity contribution in [1.82, 2.24) is 4.57 Å². The first kappa shape index (κ1) is 8.84. The topological polar surface area (TPSA) is 54.8 Å². The van der Waals surface area contributed by atoms with Crippen LogP contribution in [0, 0.1) is 5.41 Å². The normalized spacial score (nSPS) is 11.6. The van der Waals surface area contributed by atoms with Gasteiger partial charge in [-0.25, -0.2) is 0 Å². The van der Waals surface area contributed by atoms with Gasteiger partial charge in [0, 0.05) is 12.4 Å². The molecule has 1 aromatic rings. The summed E-state index contributed by atoms with van der Waals surface area (Å²) in [6.07, 6.45) is 3.70. The third kappa shape index (κ3) is 1.67. The van der Waals surface area contributed by atoms with Crippen LogP contribution in [-0.4, -0.2) is 10.5 Å². The monoisotopic (exact) mass is 165 g/mol. The van der Waals surface area contributed by atoms with E-state index in [4.69, 9.17) is 11.1 Å². The van der Waals surface area contributed by atoms with Gasteiger partial charge < -0.3 is 5.73 Å². The Balaban J connectivity index is 3.00. The van der Waals surface area contributed by atoms with E-state index in [2.05, 4.69) is 20.8 Å². The maximum atomic E-state index is 7.19. The Labute approximate surface area is 72.7 Å². The van der Waals surface area contributed by atoms with Gasteiger partial charge in [0.25, 0.3) is 0 Å². The number of aromatic nitrogens is 1. The predicted molar refractivity (Wildman–Crippen MR) is 50.4 cm³/mol. The SMILES string of the molecule is CC(C)(C)c1ccn(C(=N)N)c1. The minimum absolute atomic E-state index is 0.0606. The molecule has 3 N–H and O–H groups in total. The van der Waals surface area contributed by atoms with Crippen molar-refractivity contribution in [2.45, 2.75) is 26.2 Å². The molecule has 0 aliphatic carbocycles. The quantitative estimate of drug-likeness (QED) is 0.444. The summed E-state index contributed by atoms with van der Waals surface area (Å²) in [6, 6.07) is 1.99. The van der Waals surface area contributed by atoms with E-state index >= 15 is 0 Å². The van der Waals surface area contributed by atoms with E-state index in [1.165, 1.54) is 5.56 Å². The zero-order valence-corrected chi connectivity index (χ0v) is 7.76. The molecule has 12 heavy (non-hydrogen) atoms. The zero-order chi connectivity index (χ0) is 9.35. The fourth-order valence-corrected chi connectivity index (χ4v) is 0.990. The Bertz CT molecular complexity index is 291. The van der Waals surface area contributed by atoms with Crippen molar-refractivity contribution < 1.29 is 0 Å². The highest BCUT2D eigenvalue weighted by Crippen LogP contribution is 2.21. The van der Waals surface area contributed by atoms with Crippen LogP contribution in [0.25, 0.3) is 0 Å². The summed E-state index contributed by atoms with van der Waals surface area (Å²) in [5.41, 5.74) is 6.63. The highest BCUT2D eigenvalue weighted by atomic mass is 15.1. The summed E-state index contributed by atoms with van der Waals surface area (Å²) in [5, 5.41) is 7.19. The molecule has 0 bridgehead atoms. The molecule has 0 saturated carbocycles. The van der Waals surface area contributed by atoms with Gasteiger partial charge in [0.1, 0.15) is 0 Å². The van der Waals surface area contributed by atoms with Crippen molar-refractivity contribution in [3.63, 3.8) is 0 Å². The van der Waals surface area contributed by atoms with Crippen LogP contribution in [0.4, 0.5) is 0 Å². The van der Waals surface area contributed by atoms with Gasteiger partial charge in [-0.15, -0.1) is 0 Å². The first-order chi connectivity index (χ1) is 5.41. The molecule has 1 rings (SSSR count). The lowest BCUT2D eigenvalue weighted by atomic mass is 9.89. The fraction of sp³-hybridized carbons (Fsp3) is 0.444. The molecular formula is C9H15N3. The number of nitrogens with zero attached hydrogens (tertiary/aromatic N) is 1. The highest BCUT2D eigenvalue weighted by molar-refractivity contribution is 5.77. The van der Waals surface area contributed by atoms with E-state index in [1.807, 2.05) is 18.5 Å². The highest BCUT2D eigenvalue weighted by Gasteiger charge is 2.14. The Hall–Kier alpha value is -1.25. The molecule has 0 aliphatic heterocycles. The average Bonchev–Trinajstić information content (AvgIpc) is 2.30. The predicted octanol–water partition coefficient (Wildman–Crippen LogP) is 1.53. The number of hydrogen-bond donors (Lipinski definition) is 2. The minimum Gasteiger partial charge on any atom is -0.369 e. The lowest BCUT2D eigenvalue weighted by Crippen LogP contribution is -2.19. The van der Waals surface area contributed by atoms with Crippen LogP contribution in [0.5, 0.6) is 0 Å². The maximum absolute atomic E-state index is 7.19. The molecule has 1 aromatic heterocycles. The van der Waals surface area contributed by atoms with Crippen LogP contribution in [0.15, 0.2) is 18.5 Å². The molecular weight excluding hydrogens is 150 g/mol. The first-order valence-corrected chi connectivity index (χ1v) is 3.94. The number of nitrogens with two attached hydrogens (primary N) is 1. The van der Waals surface area contributed by atoms with Crippen molar-refractivity contribution in [3.05, 3.63) is 24.0 Å². The van der Waals surface area contributed by atoms with Crippen molar-refractivity contribution >= 4 is 5.96 Å². The second kappa shape index (κ2) is 2.66. The lowest BCUT2D eigenvalue weighted by Gasteiger charge is -2.15. The molecule has 1 heterocycles. The van der Waals surface area contributed by atoms with E-state index in [-0.39, 0.29) is 11.4 Å². The molecule has 3 heteroatoms. The maximum Gasteiger partial charge on any atom is 0.196 e. The fourth-order valence-electron chi connectivity index (χ4n) is 0.990. The summed E-state index contributed by atoms with van der Waals surface area (Å²) in [7, 11) is 0. The van der Waals surface area contributed by atoms with Crippen molar-refractivity contribution in [1.29, 1.82) is 5.41 Å². The Morgan fingerprint density at radius 3 is 2.33 bits per heavy atom. The molecule has 0 amide bonds. The minimum atomic E-state index is 0.0606. The van der Waals surface area contributed by atoms with Gasteiger partial charge in [-0.05, 0) is 17.0 Å². The van der Waals surface area contributed by atoms with Crippen molar-refractivity contribution in [2.24, 2.45) is 5.73 Å². The van der Waals surface area contributed by atoms with Crippen molar-refractivity contribution in [3.8, 4) is 0 Å². The summed E-state index contributed by atoms with van der Waals surface area (Å²) >= 11 is 0. The molecule has 66 valence electrons. The second-order valence-corrected chi connectivity index (χ2v) is 3.94. The number of hydrogen-bond acceptors (Lipinski definition) is 1. The third-order valence-electron chi connectivity index (χ3n) is 1.84. The molecule has 0 atom stereocenters. The average molecular weight is 165 g/mol. The molecule has 0 fully saturated rings. The van der Waals surface area contributed by atoms with Crippen LogP contribution in [0.3, 0.4) is 0 Å². The van der Waals surface area contributed by atoms with Crippen LogP contribution < -0.4 is 5.73 Å². The molecule has 3 nitrogen and oxygen atoms in total. The van der Waals surface area contributed by atoms with Gasteiger partial charge in [0.05, 0.1) is 0 Å². The van der Waals surface area contributed by atoms with E-state index in [1.54, 1.807) is 4.57 Å². The van der Waals surface area contributed by atoms with Gasteiger partial charge in [-0.3, -0.25) is 9.98 Å². The van der Waals surface area contributed by atoms with Gasteiger partial charge in [0.15, 0.2) is 5.96 Å². The summed E-state index contributed by atoms with van der Waals surface area (Å²) < 4.78 is 1.61. The molecule has 0 radical (unpaired) electrons. The largest absolute Gasteiger partial charge is 0.369 e. The standard InChI is InChI=1S/C9H15N3/c1-9(2,3)7-4-5-12(6-7)8(10)11/h4-6H,1-3H3,(H3,10,11). The Morgan fingerprint density at radius 2 is 2.08 bits per heavy atom. The van der Waals surface area contributed by atoms with E-state index in [9.17, 15) is 0 Å². The van der Waals surface area contributed by atoms with Crippen LogP contribution in [0.2, 0.25) is 0 Å². The van der Waals surface area contributed by atoms with E-state index in [0.717, 1.165) is 0 Å².